The van der Waals surface area contributed by atoms with E-state index in [-0.39, 0.29) is 36.6 Å². The number of esters is 1. The Labute approximate surface area is 338 Å². The summed E-state index contributed by atoms with van der Waals surface area (Å²) in [6.45, 7) is 2.58. The van der Waals surface area contributed by atoms with E-state index < -0.39 is 35.9 Å². The van der Waals surface area contributed by atoms with E-state index in [1.54, 1.807) is 54.6 Å². The Kier molecular flexibility index (Phi) is 12.5. The molecule has 3 atom stereocenters. The van der Waals surface area contributed by atoms with E-state index in [1.165, 1.54) is 60.3 Å². The highest BCUT2D eigenvalue weighted by molar-refractivity contribution is 7.99. The van der Waals surface area contributed by atoms with Gasteiger partial charge in [-0.05, 0) is 84.9 Å². The fourth-order valence-corrected chi connectivity index (χ4v) is 9.12. The van der Waals surface area contributed by atoms with Crippen molar-refractivity contribution in [1.82, 2.24) is 14.8 Å². The second-order valence-electron chi connectivity index (χ2n) is 13.9. The fraction of sp³-hybridized carbons (Fsp3) is 0.366. The van der Waals surface area contributed by atoms with Gasteiger partial charge < -0.3 is 23.8 Å². The summed E-state index contributed by atoms with van der Waals surface area (Å²) in [7, 11) is 3.03. The average Bonchev–Trinajstić information content (AvgIpc) is 3.72. The number of hydrogen-bond acceptors (Lipinski definition) is 10. The number of nitrogens with zero attached hydrogens (tertiary/aromatic N) is 4. The molecule has 4 saturated heterocycles. The monoisotopic (exact) mass is 822 g/mol. The zero-order chi connectivity index (χ0) is 39.3. The van der Waals surface area contributed by atoms with Crippen LogP contribution >= 0.6 is 35.0 Å². The van der Waals surface area contributed by atoms with Crippen LogP contribution in [0.25, 0.3) is 0 Å². The largest absolute Gasteiger partial charge is 0.493 e. The fourth-order valence-electron chi connectivity index (χ4n) is 7.46. The predicted octanol–water partition coefficient (Wildman–Crippen LogP) is 7.82. The van der Waals surface area contributed by atoms with E-state index in [1.807, 2.05) is 0 Å². The maximum atomic E-state index is 15.2. The summed E-state index contributed by atoms with van der Waals surface area (Å²) in [6.07, 6.45) is 3.17. The second kappa shape index (κ2) is 17.7. The first kappa shape index (κ1) is 39.7. The van der Waals surface area contributed by atoms with E-state index in [2.05, 4.69) is 9.88 Å². The molecule has 8 rings (SSSR count). The molecule has 1 aromatic heterocycles. The van der Waals surface area contributed by atoms with Crippen LogP contribution in [0.4, 0.5) is 14.9 Å². The van der Waals surface area contributed by atoms with Crippen LogP contribution < -0.4 is 14.4 Å². The van der Waals surface area contributed by atoms with E-state index in [4.69, 9.17) is 42.1 Å². The number of hydrogen-bond donors (Lipinski definition) is 0. The summed E-state index contributed by atoms with van der Waals surface area (Å²) in [4.78, 5) is 51.0. The van der Waals surface area contributed by atoms with Crippen molar-refractivity contribution >= 4 is 58.6 Å². The molecule has 4 aliphatic heterocycles. The molecule has 5 heterocycles. The number of benzene rings is 3. The van der Waals surface area contributed by atoms with Crippen molar-refractivity contribution in [1.29, 1.82) is 0 Å². The zero-order valence-corrected chi connectivity index (χ0v) is 33.2. The lowest BCUT2D eigenvalue weighted by Crippen LogP contribution is -2.53. The number of rotatable bonds is 12. The number of fused-ring (bicyclic) bond motifs is 3. The minimum Gasteiger partial charge on any atom is -0.493 e. The molecule has 2 amide bonds. The summed E-state index contributed by atoms with van der Waals surface area (Å²) in [5.41, 5.74) is 2.10. The van der Waals surface area contributed by atoms with Crippen molar-refractivity contribution in [2.45, 2.75) is 44.1 Å². The van der Waals surface area contributed by atoms with Gasteiger partial charge in [-0.3, -0.25) is 19.6 Å². The van der Waals surface area contributed by atoms with Gasteiger partial charge in [0, 0.05) is 36.7 Å². The predicted molar refractivity (Wildman–Crippen MR) is 212 cm³/mol. The molecular formula is C41H41Cl2FN4O7S. The molecule has 0 saturated carbocycles. The molecule has 0 spiro atoms. The molecule has 11 nitrogen and oxygen atoms in total. The van der Waals surface area contributed by atoms with Gasteiger partial charge in [-0.25, -0.2) is 14.0 Å². The number of aromatic nitrogens is 1. The quantitative estimate of drug-likeness (QED) is 0.131. The molecule has 0 radical (unpaired) electrons. The number of halogens is 3. The molecule has 3 aromatic carbocycles. The molecule has 2 bridgehead atoms. The van der Waals surface area contributed by atoms with Gasteiger partial charge in [0.2, 0.25) is 0 Å². The first-order valence-electron chi connectivity index (χ1n) is 18.3. The number of anilines is 1. The lowest BCUT2D eigenvalue weighted by atomic mass is 9.86. The van der Waals surface area contributed by atoms with Crippen LogP contribution in [0.2, 0.25) is 10.0 Å². The van der Waals surface area contributed by atoms with Crippen LogP contribution in [0.15, 0.2) is 79.1 Å². The van der Waals surface area contributed by atoms with Crippen LogP contribution in [-0.4, -0.2) is 90.4 Å². The van der Waals surface area contributed by atoms with Crippen LogP contribution in [-0.2, 0) is 27.2 Å². The Morgan fingerprint density at radius 1 is 0.964 bits per heavy atom. The van der Waals surface area contributed by atoms with Gasteiger partial charge in [-0.1, -0.05) is 53.5 Å². The number of carbonyl (C=O) groups is 3. The van der Waals surface area contributed by atoms with E-state index in [9.17, 15) is 14.4 Å². The van der Waals surface area contributed by atoms with Crippen LogP contribution in [0.3, 0.4) is 0 Å². The number of amides is 2. The topological polar surface area (TPSA) is 111 Å². The minimum absolute atomic E-state index is 0.0463. The smallest absolute Gasteiger partial charge is 0.415 e. The van der Waals surface area contributed by atoms with Crippen molar-refractivity contribution in [3.05, 3.63) is 117 Å². The number of ether oxygens (including phenoxy) is 4. The van der Waals surface area contributed by atoms with Crippen molar-refractivity contribution in [2.75, 3.05) is 50.4 Å². The molecule has 0 unspecified atom stereocenters. The first-order valence-corrected chi connectivity index (χ1v) is 20.2. The maximum Gasteiger partial charge on any atom is 0.415 e. The van der Waals surface area contributed by atoms with Gasteiger partial charge in [-0.2, -0.15) is 0 Å². The standard InChI is InChI=1S/C41H41Cl2FN4O7S/c1-52-35-11-10-27(17-37(35)53-2)36(18-29-30(42)19-45-20-31(29)43)54-40(50)34-23-56-24-48(34)39(49)28-7-5-6-25(16-28)21-47(33-9-4-3-8-32(33)44)41(51)55-38-22-46-14-12-26(38)13-15-46/h3-11,16-17,19-20,26,34,36,38H,12-15,18,21-24H2,1-2H3/t34-,36-,38-/m0/s1. The summed E-state index contributed by atoms with van der Waals surface area (Å²) in [5, 5.41) is 0.626. The van der Waals surface area contributed by atoms with Gasteiger partial charge >= 0.3 is 12.1 Å². The van der Waals surface area contributed by atoms with Crippen molar-refractivity contribution in [2.24, 2.45) is 5.92 Å². The van der Waals surface area contributed by atoms with Crippen molar-refractivity contribution in [3.8, 4) is 11.5 Å². The maximum absolute atomic E-state index is 15.2. The number of carbonyl (C=O) groups excluding carboxylic acids is 3. The van der Waals surface area contributed by atoms with Gasteiger partial charge in [0.05, 0.1) is 42.4 Å². The molecule has 4 fully saturated rings. The number of pyridine rings is 1. The Balaban J connectivity index is 1.10. The lowest BCUT2D eigenvalue weighted by Gasteiger charge is -2.44. The SMILES string of the molecule is COc1ccc([C@H](Cc2c(Cl)cncc2Cl)OC(=O)[C@@H]2CSCN2C(=O)c2cccc(CN(C(=O)O[C@H]3CN4CCC3CC4)c3ccccc3F)c2)cc1OC. The highest BCUT2D eigenvalue weighted by Crippen LogP contribution is 2.37. The van der Waals surface area contributed by atoms with Crippen molar-refractivity contribution < 1.29 is 37.7 Å². The minimum atomic E-state index is -0.909. The van der Waals surface area contributed by atoms with Crippen molar-refractivity contribution in [3.63, 3.8) is 0 Å². The number of thioether (sulfide) groups is 1. The number of piperidine rings is 3. The number of para-hydroxylation sites is 1. The third kappa shape index (κ3) is 8.71. The molecule has 0 aliphatic carbocycles. The summed E-state index contributed by atoms with van der Waals surface area (Å²) in [5.74, 6) is 0.191. The molecule has 0 N–H and O–H groups in total. The zero-order valence-electron chi connectivity index (χ0n) is 30.9. The first-order chi connectivity index (χ1) is 27.1. The summed E-state index contributed by atoms with van der Waals surface area (Å²) < 4.78 is 38.3. The lowest BCUT2D eigenvalue weighted by molar-refractivity contribution is -0.153. The second-order valence-corrected chi connectivity index (χ2v) is 15.7. The summed E-state index contributed by atoms with van der Waals surface area (Å²) >= 11 is 14.4. The third-order valence-corrected chi connectivity index (χ3v) is 12.2. The van der Waals surface area contributed by atoms with Gasteiger partial charge in [0.1, 0.15) is 24.1 Å². The van der Waals surface area contributed by atoms with Gasteiger partial charge in [0.25, 0.3) is 5.91 Å². The Bertz CT molecular complexity index is 2070. The molecular weight excluding hydrogens is 782 g/mol. The Hall–Kier alpha value is -4.56. The summed E-state index contributed by atoms with van der Waals surface area (Å²) in [6, 6.07) is 17.1. The van der Waals surface area contributed by atoms with Gasteiger partial charge in [0.15, 0.2) is 11.5 Å². The number of methoxy groups -OCH3 is 2. The molecule has 15 heteroatoms. The van der Waals surface area contributed by atoms with Crippen LogP contribution in [0, 0.1) is 11.7 Å². The molecule has 4 aromatic rings. The van der Waals surface area contributed by atoms with Gasteiger partial charge in [-0.15, -0.1) is 11.8 Å². The molecule has 56 heavy (non-hydrogen) atoms. The average molecular weight is 824 g/mol. The molecule has 294 valence electrons. The highest BCUT2D eigenvalue weighted by atomic mass is 35.5. The van der Waals surface area contributed by atoms with Crippen LogP contribution in [0.5, 0.6) is 11.5 Å². The van der Waals surface area contributed by atoms with E-state index >= 15 is 4.39 Å². The van der Waals surface area contributed by atoms with E-state index in [0.29, 0.717) is 56.1 Å². The molecule has 4 aliphatic rings. The van der Waals surface area contributed by atoms with Crippen LogP contribution in [0.1, 0.15) is 46.0 Å². The van der Waals surface area contributed by atoms with E-state index in [0.717, 1.165) is 25.9 Å². The Morgan fingerprint density at radius 2 is 1.71 bits per heavy atom. The normalized spacial score (nSPS) is 20.6. The highest BCUT2D eigenvalue weighted by Gasteiger charge is 2.39. The Morgan fingerprint density at radius 3 is 2.41 bits per heavy atom. The third-order valence-electron chi connectivity index (χ3n) is 10.5.